The van der Waals surface area contributed by atoms with E-state index in [0.717, 1.165) is 5.56 Å². The van der Waals surface area contributed by atoms with Crippen molar-refractivity contribution < 1.29 is 4.79 Å². The third-order valence-corrected chi connectivity index (χ3v) is 2.37. The molecule has 0 saturated heterocycles. The molecule has 0 saturated carbocycles. The number of carbonyl (C=O) groups excluding carboxylic acids is 1. The third kappa shape index (κ3) is 3.47. The topological polar surface area (TPSA) is 17.1 Å². The summed E-state index contributed by atoms with van der Waals surface area (Å²) in [5, 5.41) is 0. The zero-order valence-corrected chi connectivity index (χ0v) is 9.84. The second kappa shape index (κ2) is 6.22. The Labute approximate surface area is 107 Å². The molecule has 0 radical (unpaired) electrons. The molecule has 0 unspecified atom stereocenters. The highest BCUT2D eigenvalue weighted by molar-refractivity contribution is 6.04. The minimum Gasteiger partial charge on any atom is -0.289 e. The lowest BCUT2D eigenvalue weighted by Gasteiger charge is -1.91. The highest BCUT2D eigenvalue weighted by Crippen LogP contribution is 2.00. The lowest BCUT2D eigenvalue weighted by molar-refractivity contribution is 0.104. The highest BCUT2D eigenvalue weighted by Gasteiger charge is 1.97. The van der Waals surface area contributed by atoms with Crippen LogP contribution in [0.4, 0.5) is 0 Å². The smallest absolute Gasteiger partial charge is 0.186 e. The molecule has 2 aromatic rings. The zero-order chi connectivity index (χ0) is 12.6. The SMILES string of the molecule is O=C(C=CC#Cc1ccccc1)c1ccccc1. The van der Waals surface area contributed by atoms with E-state index in [4.69, 9.17) is 0 Å². The number of rotatable bonds is 2. The van der Waals surface area contributed by atoms with Crippen LogP contribution in [0.2, 0.25) is 0 Å². The molecule has 0 amide bonds. The number of hydrogen-bond donors (Lipinski definition) is 0. The summed E-state index contributed by atoms with van der Waals surface area (Å²) in [6.45, 7) is 0. The number of carbonyl (C=O) groups is 1. The Kier molecular flexibility index (Phi) is 4.11. The Hall–Kier alpha value is -2.59. The first-order valence-electron chi connectivity index (χ1n) is 5.69. The Morgan fingerprint density at radius 1 is 0.889 bits per heavy atom. The highest BCUT2D eigenvalue weighted by atomic mass is 16.1. The van der Waals surface area contributed by atoms with E-state index in [1.54, 1.807) is 18.2 Å². The Morgan fingerprint density at radius 3 is 2.17 bits per heavy atom. The third-order valence-electron chi connectivity index (χ3n) is 2.37. The molecule has 86 valence electrons. The van der Waals surface area contributed by atoms with Gasteiger partial charge in [0.05, 0.1) is 0 Å². The van der Waals surface area contributed by atoms with Crippen LogP contribution in [0.5, 0.6) is 0 Å². The molecule has 0 aliphatic rings. The first-order chi connectivity index (χ1) is 8.86. The summed E-state index contributed by atoms with van der Waals surface area (Å²) in [4.78, 5) is 11.7. The van der Waals surface area contributed by atoms with Crippen LogP contribution in [0.3, 0.4) is 0 Å². The normalized spacial score (nSPS) is 9.78. The molecule has 0 atom stereocenters. The molecule has 1 heteroatoms. The average Bonchev–Trinajstić information content (AvgIpc) is 2.45. The summed E-state index contributed by atoms with van der Waals surface area (Å²) in [7, 11) is 0. The lowest BCUT2D eigenvalue weighted by Crippen LogP contribution is -1.92. The van der Waals surface area contributed by atoms with Crippen molar-refractivity contribution in [1.82, 2.24) is 0 Å². The molecule has 2 aromatic carbocycles. The van der Waals surface area contributed by atoms with Crippen LogP contribution in [0.25, 0.3) is 0 Å². The van der Waals surface area contributed by atoms with Gasteiger partial charge in [-0.25, -0.2) is 0 Å². The second-order valence-corrected chi connectivity index (χ2v) is 3.70. The van der Waals surface area contributed by atoms with Crippen LogP contribution in [0.15, 0.2) is 72.8 Å². The minimum absolute atomic E-state index is 0.0297. The number of ketones is 1. The van der Waals surface area contributed by atoms with Crippen molar-refractivity contribution in [3.05, 3.63) is 83.9 Å². The van der Waals surface area contributed by atoms with Gasteiger partial charge in [0.25, 0.3) is 0 Å². The quantitative estimate of drug-likeness (QED) is 0.440. The molecule has 0 aliphatic heterocycles. The number of allylic oxidation sites excluding steroid dienone is 2. The second-order valence-electron chi connectivity index (χ2n) is 3.70. The number of hydrogen-bond acceptors (Lipinski definition) is 1. The van der Waals surface area contributed by atoms with Gasteiger partial charge in [-0.2, -0.15) is 0 Å². The monoisotopic (exact) mass is 232 g/mol. The van der Waals surface area contributed by atoms with Gasteiger partial charge >= 0.3 is 0 Å². The zero-order valence-electron chi connectivity index (χ0n) is 9.84. The van der Waals surface area contributed by atoms with E-state index in [-0.39, 0.29) is 5.78 Å². The summed E-state index contributed by atoms with van der Waals surface area (Å²) in [5.74, 6) is 5.78. The molecule has 0 spiro atoms. The molecule has 0 N–H and O–H groups in total. The van der Waals surface area contributed by atoms with Crippen molar-refractivity contribution in [2.24, 2.45) is 0 Å². The molecule has 0 fully saturated rings. The van der Waals surface area contributed by atoms with Crippen molar-refractivity contribution in [3.63, 3.8) is 0 Å². The van der Waals surface area contributed by atoms with Crippen LogP contribution in [-0.4, -0.2) is 5.78 Å². The van der Waals surface area contributed by atoms with Crippen molar-refractivity contribution in [2.75, 3.05) is 0 Å². The van der Waals surface area contributed by atoms with Gasteiger partial charge < -0.3 is 0 Å². The summed E-state index contributed by atoms with van der Waals surface area (Å²) in [5.41, 5.74) is 1.62. The van der Waals surface area contributed by atoms with Gasteiger partial charge in [-0.05, 0) is 24.3 Å². The minimum atomic E-state index is -0.0297. The van der Waals surface area contributed by atoms with Crippen LogP contribution < -0.4 is 0 Å². The summed E-state index contributed by atoms with van der Waals surface area (Å²) >= 11 is 0. The largest absolute Gasteiger partial charge is 0.289 e. The first kappa shape index (κ1) is 11.9. The van der Waals surface area contributed by atoms with Gasteiger partial charge in [0.2, 0.25) is 0 Å². The molecular weight excluding hydrogens is 220 g/mol. The van der Waals surface area contributed by atoms with Gasteiger partial charge in [-0.1, -0.05) is 60.4 Å². The average molecular weight is 232 g/mol. The fourth-order valence-corrected chi connectivity index (χ4v) is 1.46. The van der Waals surface area contributed by atoms with E-state index >= 15 is 0 Å². The molecule has 1 nitrogen and oxygen atoms in total. The molecule has 18 heavy (non-hydrogen) atoms. The standard InChI is InChI=1S/C17H12O/c18-17(16-12-5-2-6-13-16)14-8-7-11-15-9-3-1-4-10-15/h1-6,8-10,12-14H. The predicted octanol–water partition coefficient (Wildman–Crippen LogP) is 3.48. The van der Waals surface area contributed by atoms with E-state index < -0.39 is 0 Å². The first-order valence-corrected chi connectivity index (χ1v) is 5.69. The Bertz CT molecular complexity index is 598. The Morgan fingerprint density at radius 2 is 1.50 bits per heavy atom. The fourth-order valence-electron chi connectivity index (χ4n) is 1.46. The van der Waals surface area contributed by atoms with Crippen LogP contribution >= 0.6 is 0 Å². The van der Waals surface area contributed by atoms with Crippen molar-refractivity contribution in [2.45, 2.75) is 0 Å². The molecule has 2 rings (SSSR count). The molecule has 0 aliphatic carbocycles. The van der Waals surface area contributed by atoms with Gasteiger partial charge in [-0.15, -0.1) is 0 Å². The molecular formula is C17H12O. The summed E-state index contributed by atoms with van der Waals surface area (Å²) < 4.78 is 0. The van der Waals surface area contributed by atoms with Crippen molar-refractivity contribution in [3.8, 4) is 11.8 Å². The molecule has 0 aromatic heterocycles. The van der Waals surface area contributed by atoms with E-state index in [0.29, 0.717) is 5.56 Å². The van der Waals surface area contributed by atoms with Crippen LogP contribution in [0.1, 0.15) is 15.9 Å². The van der Waals surface area contributed by atoms with Crippen LogP contribution in [-0.2, 0) is 0 Å². The van der Waals surface area contributed by atoms with Crippen molar-refractivity contribution in [1.29, 1.82) is 0 Å². The maximum Gasteiger partial charge on any atom is 0.186 e. The van der Waals surface area contributed by atoms with Gasteiger partial charge in [0.15, 0.2) is 5.78 Å². The summed E-state index contributed by atoms with van der Waals surface area (Å²) in [6.07, 6.45) is 3.08. The van der Waals surface area contributed by atoms with Gasteiger partial charge in [-0.3, -0.25) is 4.79 Å². The van der Waals surface area contributed by atoms with Gasteiger partial charge in [0.1, 0.15) is 0 Å². The molecule has 0 heterocycles. The lowest BCUT2D eigenvalue weighted by atomic mass is 10.1. The number of benzene rings is 2. The molecule has 0 bridgehead atoms. The maximum absolute atomic E-state index is 11.7. The van der Waals surface area contributed by atoms with E-state index in [1.807, 2.05) is 48.5 Å². The maximum atomic E-state index is 11.7. The van der Waals surface area contributed by atoms with Gasteiger partial charge in [0, 0.05) is 11.1 Å². The van der Waals surface area contributed by atoms with E-state index in [1.165, 1.54) is 6.08 Å². The van der Waals surface area contributed by atoms with E-state index in [2.05, 4.69) is 11.8 Å². The summed E-state index contributed by atoms with van der Waals surface area (Å²) in [6, 6.07) is 18.8. The van der Waals surface area contributed by atoms with E-state index in [9.17, 15) is 4.79 Å². The Balaban J connectivity index is 2.01. The van der Waals surface area contributed by atoms with Crippen LogP contribution in [0, 0.1) is 11.8 Å². The van der Waals surface area contributed by atoms with Crippen molar-refractivity contribution >= 4 is 5.78 Å². The predicted molar refractivity (Wildman–Crippen MR) is 73.2 cm³/mol. The fraction of sp³-hybridized carbons (Fsp3) is 0.